The Balaban J connectivity index is 1.58. The van der Waals surface area contributed by atoms with Crippen molar-refractivity contribution in [1.29, 1.82) is 0 Å². The zero-order valence-corrected chi connectivity index (χ0v) is 14.0. The highest BCUT2D eigenvalue weighted by molar-refractivity contribution is 8.00. The van der Waals surface area contributed by atoms with Crippen molar-refractivity contribution < 1.29 is 14.3 Å². The predicted octanol–water partition coefficient (Wildman–Crippen LogP) is 3.26. The Morgan fingerprint density at radius 3 is 2.68 bits per heavy atom. The van der Waals surface area contributed by atoms with E-state index >= 15 is 0 Å². The van der Waals surface area contributed by atoms with E-state index in [1.54, 1.807) is 18.9 Å². The first kappa shape index (κ1) is 17.0. The quantitative estimate of drug-likeness (QED) is 0.746. The van der Waals surface area contributed by atoms with Crippen molar-refractivity contribution in [2.45, 2.75) is 37.4 Å². The number of carbonyl (C=O) groups is 1. The van der Waals surface area contributed by atoms with E-state index in [4.69, 9.17) is 9.47 Å². The zero-order chi connectivity index (χ0) is 15.6. The Kier molecular flexibility index (Phi) is 7.43. The van der Waals surface area contributed by atoms with Crippen LogP contribution in [0.2, 0.25) is 0 Å². The molecule has 1 aromatic carbocycles. The molecule has 1 fully saturated rings. The SMILES string of the molecule is COc1ccccc1OCCNC(=O)CSC1CCCCC1. The van der Waals surface area contributed by atoms with Gasteiger partial charge >= 0.3 is 0 Å². The van der Waals surface area contributed by atoms with Gasteiger partial charge < -0.3 is 14.8 Å². The molecule has 0 unspecified atom stereocenters. The van der Waals surface area contributed by atoms with E-state index in [0.29, 0.717) is 35.7 Å². The topological polar surface area (TPSA) is 47.6 Å². The monoisotopic (exact) mass is 323 g/mol. The van der Waals surface area contributed by atoms with Gasteiger partial charge in [0.25, 0.3) is 0 Å². The van der Waals surface area contributed by atoms with Gasteiger partial charge in [0.15, 0.2) is 11.5 Å². The number of benzene rings is 1. The molecule has 0 bridgehead atoms. The van der Waals surface area contributed by atoms with Crippen LogP contribution in [0, 0.1) is 0 Å². The third-order valence-corrected chi connectivity index (χ3v) is 5.12. The Labute approximate surface area is 137 Å². The van der Waals surface area contributed by atoms with Gasteiger partial charge in [-0.25, -0.2) is 0 Å². The van der Waals surface area contributed by atoms with Gasteiger partial charge in [0.2, 0.25) is 5.91 Å². The van der Waals surface area contributed by atoms with E-state index < -0.39 is 0 Å². The van der Waals surface area contributed by atoms with Crippen LogP contribution >= 0.6 is 11.8 Å². The predicted molar refractivity (Wildman–Crippen MR) is 90.8 cm³/mol. The highest BCUT2D eigenvalue weighted by Gasteiger charge is 2.15. The molecule has 0 aromatic heterocycles. The molecule has 1 saturated carbocycles. The third kappa shape index (κ3) is 5.79. The normalized spacial score (nSPS) is 15.3. The van der Waals surface area contributed by atoms with Crippen molar-refractivity contribution in [3.63, 3.8) is 0 Å². The number of hydrogen-bond donors (Lipinski definition) is 1. The highest BCUT2D eigenvalue weighted by atomic mass is 32.2. The molecule has 5 heteroatoms. The number of carbonyl (C=O) groups excluding carboxylic acids is 1. The molecule has 22 heavy (non-hydrogen) atoms. The number of amides is 1. The number of thioether (sulfide) groups is 1. The second-order valence-corrected chi connectivity index (χ2v) is 6.71. The van der Waals surface area contributed by atoms with E-state index in [2.05, 4.69) is 5.32 Å². The molecule has 0 atom stereocenters. The Bertz CT molecular complexity index is 461. The average Bonchev–Trinajstić information content (AvgIpc) is 2.58. The number of rotatable bonds is 8. The third-order valence-electron chi connectivity index (χ3n) is 3.75. The fraction of sp³-hybridized carbons (Fsp3) is 0.588. The van der Waals surface area contributed by atoms with Gasteiger partial charge in [0.1, 0.15) is 6.61 Å². The van der Waals surface area contributed by atoms with Crippen molar-refractivity contribution in [3.05, 3.63) is 24.3 Å². The van der Waals surface area contributed by atoms with Crippen LogP contribution in [0.1, 0.15) is 32.1 Å². The van der Waals surface area contributed by atoms with Crippen LogP contribution in [-0.2, 0) is 4.79 Å². The molecular weight excluding hydrogens is 298 g/mol. The summed E-state index contributed by atoms with van der Waals surface area (Å²) in [6, 6.07) is 7.52. The van der Waals surface area contributed by atoms with Gasteiger partial charge in [-0.15, -0.1) is 11.8 Å². The lowest BCUT2D eigenvalue weighted by atomic mass is 10.0. The van der Waals surface area contributed by atoms with Crippen LogP contribution in [0.15, 0.2) is 24.3 Å². The summed E-state index contributed by atoms with van der Waals surface area (Å²) in [6.45, 7) is 0.961. The van der Waals surface area contributed by atoms with Crippen molar-refractivity contribution in [2.24, 2.45) is 0 Å². The molecule has 0 aliphatic heterocycles. The zero-order valence-electron chi connectivity index (χ0n) is 13.2. The van der Waals surface area contributed by atoms with Crippen molar-refractivity contribution in [1.82, 2.24) is 5.32 Å². The van der Waals surface area contributed by atoms with E-state index in [-0.39, 0.29) is 5.91 Å². The molecule has 1 N–H and O–H groups in total. The molecule has 122 valence electrons. The lowest BCUT2D eigenvalue weighted by Crippen LogP contribution is -2.30. The number of methoxy groups -OCH3 is 1. The summed E-state index contributed by atoms with van der Waals surface area (Å²) in [5.41, 5.74) is 0. The first-order valence-electron chi connectivity index (χ1n) is 7.93. The maximum atomic E-state index is 11.8. The first-order chi connectivity index (χ1) is 10.8. The van der Waals surface area contributed by atoms with E-state index in [0.717, 1.165) is 0 Å². The lowest BCUT2D eigenvalue weighted by molar-refractivity contribution is -0.118. The first-order valence-corrected chi connectivity index (χ1v) is 8.98. The van der Waals surface area contributed by atoms with Crippen LogP contribution in [0.4, 0.5) is 0 Å². The van der Waals surface area contributed by atoms with Crippen LogP contribution in [-0.4, -0.2) is 37.2 Å². The molecule has 0 radical (unpaired) electrons. The van der Waals surface area contributed by atoms with Crippen molar-refractivity contribution in [3.8, 4) is 11.5 Å². The smallest absolute Gasteiger partial charge is 0.230 e. The van der Waals surface area contributed by atoms with Crippen molar-refractivity contribution in [2.75, 3.05) is 26.0 Å². The second kappa shape index (κ2) is 9.62. The molecule has 1 aliphatic rings. The van der Waals surface area contributed by atoms with Crippen molar-refractivity contribution >= 4 is 17.7 Å². The molecule has 2 rings (SSSR count). The van der Waals surface area contributed by atoms with Crippen LogP contribution in [0.5, 0.6) is 11.5 Å². The summed E-state index contributed by atoms with van der Waals surface area (Å²) in [4.78, 5) is 11.8. The molecule has 1 aromatic rings. The molecule has 0 spiro atoms. The van der Waals surface area contributed by atoms with E-state index in [1.807, 2.05) is 24.3 Å². The minimum absolute atomic E-state index is 0.0965. The summed E-state index contributed by atoms with van der Waals surface area (Å²) in [5, 5.41) is 3.58. The molecule has 1 amide bonds. The summed E-state index contributed by atoms with van der Waals surface area (Å²) >= 11 is 1.79. The fourth-order valence-electron chi connectivity index (χ4n) is 2.57. The number of nitrogens with one attached hydrogen (secondary N) is 1. The fourth-order valence-corrected chi connectivity index (χ4v) is 3.72. The van der Waals surface area contributed by atoms with Gasteiger partial charge in [-0.2, -0.15) is 0 Å². The number of hydrogen-bond acceptors (Lipinski definition) is 4. The molecule has 1 aliphatic carbocycles. The standard InChI is InChI=1S/C17H25NO3S/c1-20-15-9-5-6-10-16(15)21-12-11-18-17(19)13-22-14-7-3-2-4-8-14/h5-6,9-10,14H,2-4,7-8,11-13H2,1H3,(H,18,19). The van der Waals surface area contributed by atoms with Gasteiger partial charge in [-0.1, -0.05) is 31.4 Å². The Morgan fingerprint density at radius 2 is 1.95 bits per heavy atom. The van der Waals surface area contributed by atoms with E-state index in [1.165, 1.54) is 32.1 Å². The summed E-state index contributed by atoms with van der Waals surface area (Å²) in [6.07, 6.45) is 6.49. The van der Waals surface area contributed by atoms with Crippen LogP contribution < -0.4 is 14.8 Å². The molecule has 0 heterocycles. The van der Waals surface area contributed by atoms with Gasteiger partial charge in [0, 0.05) is 5.25 Å². The lowest BCUT2D eigenvalue weighted by Gasteiger charge is -2.20. The largest absolute Gasteiger partial charge is 0.493 e. The Hall–Kier alpha value is -1.36. The molecular formula is C17H25NO3S. The number of ether oxygens (including phenoxy) is 2. The summed E-state index contributed by atoms with van der Waals surface area (Å²) in [5.74, 6) is 2.07. The minimum atomic E-state index is 0.0965. The second-order valence-electron chi connectivity index (χ2n) is 5.42. The maximum absolute atomic E-state index is 11.8. The van der Waals surface area contributed by atoms with Crippen LogP contribution in [0.3, 0.4) is 0 Å². The van der Waals surface area contributed by atoms with Crippen LogP contribution in [0.25, 0.3) is 0 Å². The average molecular weight is 323 g/mol. The minimum Gasteiger partial charge on any atom is -0.493 e. The molecule has 4 nitrogen and oxygen atoms in total. The Morgan fingerprint density at radius 1 is 1.23 bits per heavy atom. The van der Waals surface area contributed by atoms with E-state index in [9.17, 15) is 4.79 Å². The molecule has 0 saturated heterocycles. The summed E-state index contributed by atoms with van der Waals surface area (Å²) in [7, 11) is 1.62. The van der Waals surface area contributed by atoms with Gasteiger partial charge in [-0.05, 0) is 25.0 Å². The summed E-state index contributed by atoms with van der Waals surface area (Å²) < 4.78 is 10.8. The number of para-hydroxylation sites is 2. The van der Waals surface area contributed by atoms with Gasteiger partial charge in [-0.3, -0.25) is 4.79 Å². The highest BCUT2D eigenvalue weighted by Crippen LogP contribution is 2.28. The van der Waals surface area contributed by atoms with Gasteiger partial charge in [0.05, 0.1) is 19.4 Å². The maximum Gasteiger partial charge on any atom is 0.230 e.